The van der Waals surface area contributed by atoms with E-state index in [2.05, 4.69) is 15.2 Å². The topological polar surface area (TPSA) is 92.4 Å². The third-order valence-corrected chi connectivity index (χ3v) is 5.78. The highest BCUT2D eigenvalue weighted by Crippen LogP contribution is 2.34. The van der Waals surface area contributed by atoms with Crippen molar-refractivity contribution in [1.29, 1.82) is 0 Å². The molecule has 3 aromatic rings. The lowest BCUT2D eigenvalue weighted by atomic mass is 10.0. The van der Waals surface area contributed by atoms with E-state index in [0.29, 0.717) is 36.3 Å². The summed E-state index contributed by atoms with van der Waals surface area (Å²) >= 11 is 0. The van der Waals surface area contributed by atoms with Crippen molar-refractivity contribution in [2.45, 2.75) is 31.9 Å². The van der Waals surface area contributed by atoms with Gasteiger partial charge in [0.1, 0.15) is 0 Å². The van der Waals surface area contributed by atoms with Crippen LogP contribution < -0.4 is 0 Å². The number of halogens is 2. The molecular formula is C22H19F2N5O3. The summed E-state index contributed by atoms with van der Waals surface area (Å²) in [6.45, 7) is 1.35. The molecule has 10 heteroatoms. The van der Waals surface area contributed by atoms with E-state index in [1.807, 2.05) is 30.3 Å². The van der Waals surface area contributed by atoms with Crippen LogP contribution in [0.3, 0.4) is 0 Å². The Morgan fingerprint density at radius 1 is 1.12 bits per heavy atom. The molecule has 1 unspecified atom stereocenters. The summed E-state index contributed by atoms with van der Waals surface area (Å²) < 4.78 is 30.5. The van der Waals surface area contributed by atoms with Gasteiger partial charge in [0.15, 0.2) is 0 Å². The number of alkyl halides is 2. The van der Waals surface area contributed by atoms with E-state index in [4.69, 9.17) is 4.42 Å². The van der Waals surface area contributed by atoms with Crippen molar-refractivity contribution in [3.8, 4) is 11.5 Å². The van der Waals surface area contributed by atoms with Gasteiger partial charge in [0.25, 0.3) is 11.8 Å². The van der Waals surface area contributed by atoms with Gasteiger partial charge in [0.05, 0.1) is 29.4 Å². The van der Waals surface area contributed by atoms with Crippen molar-refractivity contribution in [3.63, 3.8) is 0 Å². The molecule has 2 aromatic heterocycles. The molecule has 1 aromatic carbocycles. The van der Waals surface area contributed by atoms with Crippen LogP contribution in [-0.2, 0) is 11.3 Å². The molecule has 32 heavy (non-hydrogen) atoms. The molecule has 0 spiro atoms. The molecule has 1 atom stereocenters. The third kappa shape index (κ3) is 3.61. The van der Waals surface area contributed by atoms with Gasteiger partial charge in [-0.25, -0.2) is 0 Å². The molecule has 0 aliphatic carbocycles. The first kappa shape index (κ1) is 20.2. The van der Waals surface area contributed by atoms with Crippen LogP contribution in [0.25, 0.3) is 11.5 Å². The number of nitrogens with zero attached hydrogens (tertiary/aromatic N) is 5. The van der Waals surface area contributed by atoms with E-state index in [9.17, 15) is 18.4 Å². The number of hydrogen-bond donors (Lipinski definition) is 0. The SMILES string of the molecule is O=C1CCCN1CC(c1ccccc1)N1Cc2ncc(-c3nnc(C(F)F)o3)cc2C1=O. The Labute approximate surface area is 181 Å². The van der Waals surface area contributed by atoms with Crippen LogP contribution in [-0.4, -0.2) is 49.9 Å². The van der Waals surface area contributed by atoms with E-state index in [0.717, 1.165) is 12.0 Å². The second-order valence-electron chi connectivity index (χ2n) is 7.77. The highest BCUT2D eigenvalue weighted by atomic mass is 19.3. The molecule has 1 fully saturated rings. The molecule has 4 heterocycles. The van der Waals surface area contributed by atoms with Crippen molar-refractivity contribution in [2.24, 2.45) is 0 Å². The predicted octanol–water partition coefficient (Wildman–Crippen LogP) is 3.39. The molecule has 1 saturated heterocycles. The van der Waals surface area contributed by atoms with Crippen molar-refractivity contribution in [3.05, 3.63) is 65.3 Å². The highest BCUT2D eigenvalue weighted by Gasteiger charge is 2.37. The van der Waals surface area contributed by atoms with Crippen molar-refractivity contribution >= 4 is 11.8 Å². The van der Waals surface area contributed by atoms with E-state index in [-0.39, 0.29) is 30.3 Å². The van der Waals surface area contributed by atoms with Crippen LogP contribution in [0.5, 0.6) is 0 Å². The largest absolute Gasteiger partial charge is 0.415 e. The van der Waals surface area contributed by atoms with Crippen LogP contribution in [0, 0.1) is 0 Å². The number of likely N-dealkylation sites (tertiary alicyclic amines) is 1. The summed E-state index contributed by atoms with van der Waals surface area (Å²) in [5.41, 5.74) is 2.14. The minimum absolute atomic E-state index is 0.0849. The molecule has 2 aliphatic heterocycles. The smallest absolute Gasteiger partial charge is 0.314 e. The first-order valence-electron chi connectivity index (χ1n) is 10.3. The molecule has 2 aliphatic rings. The van der Waals surface area contributed by atoms with E-state index < -0.39 is 12.3 Å². The minimum atomic E-state index is -2.88. The number of carbonyl (C=O) groups excluding carboxylic acids is 2. The Morgan fingerprint density at radius 3 is 2.62 bits per heavy atom. The second kappa shape index (κ2) is 8.10. The van der Waals surface area contributed by atoms with E-state index in [1.54, 1.807) is 9.80 Å². The Morgan fingerprint density at radius 2 is 1.94 bits per heavy atom. The van der Waals surface area contributed by atoms with Crippen LogP contribution in [0.4, 0.5) is 8.78 Å². The van der Waals surface area contributed by atoms with Gasteiger partial charge < -0.3 is 14.2 Å². The monoisotopic (exact) mass is 439 g/mol. The highest BCUT2D eigenvalue weighted by molar-refractivity contribution is 5.99. The van der Waals surface area contributed by atoms with E-state index in [1.165, 1.54) is 12.3 Å². The Balaban J connectivity index is 1.45. The quantitative estimate of drug-likeness (QED) is 0.585. The molecule has 2 amide bonds. The molecule has 0 bridgehead atoms. The summed E-state index contributed by atoms with van der Waals surface area (Å²) in [7, 11) is 0. The standard InChI is InChI=1S/C22H19F2N5O3/c23-19(24)21-27-26-20(32-21)14-9-15-16(25-10-14)11-29(22(15)31)17(13-5-2-1-3-6-13)12-28-8-4-7-18(28)30/h1-3,5-6,9-10,17,19H,4,7-8,11-12H2. The van der Waals surface area contributed by atoms with Crippen molar-refractivity contribution < 1.29 is 22.8 Å². The predicted molar refractivity (Wildman–Crippen MR) is 107 cm³/mol. The minimum Gasteiger partial charge on any atom is -0.415 e. The van der Waals surface area contributed by atoms with Gasteiger partial charge in [-0.3, -0.25) is 14.6 Å². The summed E-state index contributed by atoms with van der Waals surface area (Å²) in [4.78, 5) is 33.4. The lowest BCUT2D eigenvalue weighted by molar-refractivity contribution is -0.128. The Hall–Kier alpha value is -3.69. The molecule has 0 radical (unpaired) electrons. The summed E-state index contributed by atoms with van der Waals surface area (Å²) in [5.74, 6) is -1.07. The number of benzene rings is 1. The normalized spacial score (nSPS) is 16.8. The molecule has 8 nitrogen and oxygen atoms in total. The fourth-order valence-corrected chi connectivity index (χ4v) is 4.17. The van der Waals surface area contributed by atoms with Crippen molar-refractivity contribution in [1.82, 2.24) is 25.0 Å². The van der Waals surface area contributed by atoms with Gasteiger partial charge in [0, 0.05) is 25.7 Å². The molecule has 0 N–H and O–H groups in total. The maximum absolute atomic E-state index is 13.4. The van der Waals surface area contributed by atoms with Gasteiger partial charge in [-0.15, -0.1) is 10.2 Å². The van der Waals surface area contributed by atoms with Crippen molar-refractivity contribution in [2.75, 3.05) is 13.1 Å². The first-order valence-corrected chi connectivity index (χ1v) is 10.3. The molecule has 0 saturated carbocycles. The zero-order chi connectivity index (χ0) is 22.2. The number of aromatic nitrogens is 3. The van der Waals surface area contributed by atoms with Crippen LogP contribution in [0.2, 0.25) is 0 Å². The van der Waals surface area contributed by atoms with Gasteiger partial charge in [0.2, 0.25) is 11.8 Å². The van der Waals surface area contributed by atoms with Crippen LogP contribution in [0.1, 0.15) is 52.8 Å². The number of carbonyl (C=O) groups is 2. The fraction of sp³-hybridized carbons (Fsp3) is 0.318. The molecule has 164 valence electrons. The van der Waals surface area contributed by atoms with Crippen LogP contribution >= 0.6 is 0 Å². The summed E-state index contributed by atoms with van der Waals surface area (Å²) in [6, 6.07) is 10.8. The number of fused-ring (bicyclic) bond motifs is 1. The number of pyridine rings is 1. The summed E-state index contributed by atoms with van der Waals surface area (Å²) in [5, 5.41) is 6.96. The third-order valence-electron chi connectivity index (χ3n) is 5.78. The van der Waals surface area contributed by atoms with Gasteiger partial charge in [-0.2, -0.15) is 8.78 Å². The van der Waals surface area contributed by atoms with Gasteiger partial charge in [-0.1, -0.05) is 30.3 Å². The first-order chi connectivity index (χ1) is 15.5. The zero-order valence-corrected chi connectivity index (χ0v) is 16.9. The lowest BCUT2D eigenvalue weighted by Gasteiger charge is -2.31. The van der Waals surface area contributed by atoms with Crippen LogP contribution in [0.15, 0.2) is 47.0 Å². The average molecular weight is 439 g/mol. The Bertz CT molecular complexity index is 1170. The van der Waals surface area contributed by atoms with E-state index >= 15 is 0 Å². The Kier molecular flexibility index (Phi) is 5.12. The fourth-order valence-electron chi connectivity index (χ4n) is 4.17. The maximum atomic E-state index is 13.4. The number of amides is 2. The summed E-state index contributed by atoms with van der Waals surface area (Å²) in [6.07, 6.45) is -0.120. The number of rotatable bonds is 6. The zero-order valence-electron chi connectivity index (χ0n) is 16.9. The molecular weight excluding hydrogens is 420 g/mol. The number of hydrogen-bond acceptors (Lipinski definition) is 6. The average Bonchev–Trinajstić information content (AvgIpc) is 3.52. The molecule has 5 rings (SSSR count). The maximum Gasteiger partial charge on any atom is 0.314 e. The van der Waals surface area contributed by atoms with Gasteiger partial charge >= 0.3 is 6.43 Å². The lowest BCUT2D eigenvalue weighted by Crippen LogP contribution is -2.39. The second-order valence-corrected chi connectivity index (χ2v) is 7.77. The van der Waals surface area contributed by atoms with Gasteiger partial charge in [-0.05, 0) is 18.1 Å².